The van der Waals surface area contributed by atoms with Crippen molar-refractivity contribution >= 4 is 23.4 Å². The molecule has 1 aromatic rings. The molecule has 3 unspecified atom stereocenters. The number of likely N-dealkylation sites (tertiary alicyclic amines) is 1. The van der Waals surface area contributed by atoms with E-state index in [1.54, 1.807) is 0 Å². The summed E-state index contributed by atoms with van der Waals surface area (Å²) >= 11 is 5.99. The van der Waals surface area contributed by atoms with E-state index in [1.807, 2.05) is 29.2 Å². The molecule has 0 spiro atoms. The molecule has 2 saturated heterocycles. The minimum absolute atomic E-state index is 0.0808. The molecule has 0 aromatic heterocycles. The molecule has 3 fully saturated rings. The molecule has 28 heavy (non-hydrogen) atoms. The van der Waals surface area contributed by atoms with Crippen molar-refractivity contribution in [1.29, 1.82) is 0 Å². The third-order valence-corrected chi connectivity index (χ3v) is 6.69. The van der Waals surface area contributed by atoms with Gasteiger partial charge in [-0.05, 0) is 37.0 Å². The molecule has 152 valence electrons. The summed E-state index contributed by atoms with van der Waals surface area (Å²) < 4.78 is 0. The van der Waals surface area contributed by atoms with Gasteiger partial charge in [0.15, 0.2) is 0 Å². The molecule has 2 amide bonds. The first-order chi connectivity index (χ1) is 13.6. The molecule has 7 heteroatoms. The van der Waals surface area contributed by atoms with Gasteiger partial charge in [0.1, 0.15) is 0 Å². The summed E-state index contributed by atoms with van der Waals surface area (Å²) in [6.07, 6.45) is 5.72. The number of hydrogen-bond acceptors (Lipinski definition) is 4. The standard InChI is InChI=1S/C21H29ClN4O2/c22-17-8-5-14(6-9-17)20-16(12-24-25-20)11-23-21(28)15-7-10-19(27)26(13-15)18-3-1-2-4-18/h5-6,8-9,15-16,18,20,24-25H,1-4,7,10-13H2,(H,23,28). The molecule has 1 aromatic carbocycles. The van der Waals surface area contributed by atoms with Gasteiger partial charge in [0.05, 0.1) is 12.0 Å². The van der Waals surface area contributed by atoms with E-state index in [0.717, 1.165) is 30.0 Å². The molecule has 3 atom stereocenters. The summed E-state index contributed by atoms with van der Waals surface area (Å²) in [7, 11) is 0. The maximum atomic E-state index is 12.8. The lowest BCUT2D eigenvalue weighted by atomic mass is 9.93. The van der Waals surface area contributed by atoms with Gasteiger partial charge in [-0.15, -0.1) is 0 Å². The van der Waals surface area contributed by atoms with Gasteiger partial charge < -0.3 is 10.2 Å². The van der Waals surface area contributed by atoms with Crippen molar-refractivity contribution in [2.75, 3.05) is 19.6 Å². The van der Waals surface area contributed by atoms with E-state index in [2.05, 4.69) is 16.2 Å². The summed E-state index contributed by atoms with van der Waals surface area (Å²) in [5.41, 5.74) is 7.66. The molecule has 2 aliphatic heterocycles. The molecule has 1 aliphatic carbocycles. The number of rotatable bonds is 5. The molecule has 3 aliphatic rings. The monoisotopic (exact) mass is 404 g/mol. The van der Waals surface area contributed by atoms with Crippen molar-refractivity contribution in [3.63, 3.8) is 0 Å². The quantitative estimate of drug-likeness (QED) is 0.704. The van der Waals surface area contributed by atoms with Crippen molar-refractivity contribution in [1.82, 2.24) is 21.1 Å². The van der Waals surface area contributed by atoms with E-state index in [1.165, 1.54) is 12.8 Å². The maximum Gasteiger partial charge on any atom is 0.224 e. The highest BCUT2D eigenvalue weighted by Gasteiger charge is 2.36. The van der Waals surface area contributed by atoms with Crippen LogP contribution in [0.25, 0.3) is 0 Å². The molecule has 2 heterocycles. The third kappa shape index (κ3) is 4.34. The SMILES string of the molecule is O=C(NCC1CNNC1c1ccc(Cl)cc1)C1CCC(=O)N(C2CCCC2)C1. The topological polar surface area (TPSA) is 73.5 Å². The third-order valence-electron chi connectivity index (χ3n) is 6.44. The van der Waals surface area contributed by atoms with E-state index < -0.39 is 0 Å². The Morgan fingerprint density at radius 3 is 2.68 bits per heavy atom. The van der Waals surface area contributed by atoms with E-state index >= 15 is 0 Å². The number of carbonyl (C=O) groups is 2. The normalized spacial score (nSPS) is 28.7. The van der Waals surface area contributed by atoms with Crippen LogP contribution in [0.5, 0.6) is 0 Å². The van der Waals surface area contributed by atoms with Gasteiger partial charge in [0, 0.05) is 43.0 Å². The number of carbonyl (C=O) groups excluding carboxylic acids is 2. The number of nitrogens with zero attached hydrogens (tertiary/aromatic N) is 1. The predicted molar refractivity (Wildman–Crippen MR) is 109 cm³/mol. The van der Waals surface area contributed by atoms with Gasteiger partial charge in [0.25, 0.3) is 0 Å². The second-order valence-electron chi connectivity index (χ2n) is 8.28. The smallest absolute Gasteiger partial charge is 0.224 e. The average Bonchev–Trinajstić information content (AvgIpc) is 3.39. The lowest BCUT2D eigenvalue weighted by Crippen LogP contribution is -2.49. The van der Waals surface area contributed by atoms with Crippen LogP contribution in [0.15, 0.2) is 24.3 Å². The van der Waals surface area contributed by atoms with Gasteiger partial charge in [-0.25, -0.2) is 5.43 Å². The summed E-state index contributed by atoms with van der Waals surface area (Å²) in [5.74, 6) is 0.482. The summed E-state index contributed by atoms with van der Waals surface area (Å²) in [4.78, 5) is 27.1. The lowest BCUT2D eigenvalue weighted by Gasteiger charge is -2.36. The van der Waals surface area contributed by atoms with Gasteiger partial charge in [-0.2, -0.15) is 0 Å². The number of halogens is 1. The van der Waals surface area contributed by atoms with E-state index in [4.69, 9.17) is 11.6 Å². The zero-order chi connectivity index (χ0) is 19.5. The first-order valence-electron chi connectivity index (χ1n) is 10.4. The summed E-state index contributed by atoms with van der Waals surface area (Å²) in [6, 6.07) is 8.31. The van der Waals surface area contributed by atoms with Crippen molar-refractivity contribution < 1.29 is 9.59 Å². The van der Waals surface area contributed by atoms with Crippen LogP contribution in [0, 0.1) is 11.8 Å². The Kier molecular flexibility index (Phi) is 6.19. The van der Waals surface area contributed by atoms with Crippen molar-refractivity contribution in [3.05, 3.63) is 34.9 Å². The van der Waals surface area contributed by atoms with Crippen molar-refractivity contribution in [2.24, 2.45) is 11.8 Å². The zero-order valence-corrected chi connectivity index (χ0v) is 16.9. The highest BCUT2D eigenvalue weighted by Crippen LogP contribution is 2.29. The molecule has 6 nitrogen and oxygen atoms in total. The van der Waals surface area contributed by atoms with Crippen molar-refractivity contribution in [3.8, 4) is 0 Å². The maximum absolute atomic E-state index is 12.8. The van der Waals surface area contributed by atoms with Crippen LogP contribution in [0.4, 0.5) is 0 Å². The van der Waals surface area contributed by atoms with E-state index in [-0.39, 0.29) is 29.7 Å². The number of hydrogen-bond donors (Lipinski definition) is 3. The summed E-state index contributed by atoms with van der Waals surface area (Å²) in [6.45, 7) is 1.99. The second kappa shape index (κ2) is 8.80. The zero-order valence-electron chi connectivity index (χ0n) is 16.1. The van der Waals surface area contributed by atoms with E-state index in [0.29, 0.717) is 32.0 Å². The number of piperidine rings is 1. The molecule has 0 radical (unpaired) electrons. The molecular formula is C21H29ClN4O2. The molecule has 3 N–H and O–H groups in total. The minimum atomic E-state index is -0.0883. The van der Waals surface area contributed by atoms with Crippen LogP contribution in [0.3, 0.4) is 0 Å². The molecule has 0 bridgehead atoms. The van der Waals surface area contributed by atoms with Gasteiger partial charge in [-0.3, -0.25) is 15.0 Å². The Balaban J connectivity index is 1.32. The minimum Gasteiger partial charge on any atom is -0.355 e. The molecule has 1 saturated carbocycles. The Morgan fingerprint density at radius 2 is 1.93 bits per heavy atom. The Bertz CT molecular complexity index is 705. The number of amides is 2. The fraction of sp³-hybridized carbons (Fsp3) is 0.619. The van der Waals surface area contributed by atoms with Crippen LogP contribution >= 0.6 is 11.6 Å². The van der Waals surface area contributed by atoms with Crippen LogP contribution in [0.2, 0.25) is 5.02 Å². The largest absolute Gasteiger partial charge is 0.355 e. The summed E-state index contributed by atoms with van der Waals surface area (Å²) in [5, 5.41) is 3.87. The van der Waals surface area contributed by atoms with Gasteiger partial charge >= 0.3 is 0 Å². The predicted octanol–water partition coefficient (Wildman–Crippen LogP) is 2.40. The van der Waals surface area contributed by atoms with Gasteiger partial charge in [0.2, 0.25) is 11.8 Å². The Labute approximate surface area is 171 Å². The lowest BCUT2D eigenvalue weighted by molar-refractivity contribution is -0.140. The second-order valence-corrected chi connectivity index (χ2v) is 8.72. The fourth-order valence-electron chi connectivity index (χ4n) is 4.78. The number of benzene rings is 1. The van der Waals surface area contributed by atoms with Crippen LogP contribution in [-0.4, -0.2) is 42.4 Å². The van der Waals surface area contributed by atoms with Crippen LogP contribution in [0.1, 0.15) is 50.1 Å². The highest BCUT2D eigenvalue weighted by atomic mass is 35.5. The molecule has 4 rings (SSSR count). The van der Waals surface area contributed by atoms with E-state index in [9.17, 15) is 9.59 Å². The van der Waals surface area contributed by atoms with Crippen LogP contribution < -0.4 is 16.2 Å². The average molecular weight is 405 g/mol. The van der Waals surface area contributed by atoms with Crippen molar-refractivity contribution in [2.45, 2.75) is 50.6 Å². The number of nitrogens with one attached hydrogen (secondary N) is 3. The highest BCUT2D eigenvalue weighted by molar-refractivity contribution is 6.30. The first kappa shape index (κ1) is 19.7. The molecular weight excluding hydrogens is 376 g/mol. The van der Waals surface area contributed by atoms with Gasteiger partial charge in [-0.1, -0.05) is 36.6 Å². The Hall–Kier alpha value is -1.63. The number of hydrazine groups is 1. The van der Waals surface area contributed by atoms with Crippen LogP contribution in [-0.2, 0) is 9.59 Å². The Morgan fingerprint density at radius 1 is 1.18 bits per heavy atom. The fourth-order valence-corrected chi connectivity index (χ4v) is 4.91. The first-order valence-corrected chi connectivity index (χ1v) is 10.8.